The molecule has 2 aromatic carbocycles. The van der Waals surface area contributed by atoms with Gasteiger partial charge in [-0.1, -0.05) is 15.9 Å². The SMILES string of the molecule is O=C1CNc2cc(Br)ccc2N1c1ccc(F)cc1. The van der Waals surface area contributed by atoms with Gasteiger partial charge in [-0.05, 0) is 42.5 Å². The Labute approximate surface area is 118 Å². The zero-order chi connectivity index (χ0) is 13.4. The highest BCUT2D eigenvalue weighted by Crippen LogP contribution is 2.36. The summed E-state index contributed by atoms with van der Waals surface area (Å²) < 4.78 is 13.9. The molecule has 0 saturated heterocycles. The van der Waals surface area contributed by atoms with E-state index in [9.17, 15) is 9.18 Å². The molecule has 0 unspecified atom stereocenters. The molecule has 1 N–H and O–H groups in total. The summed E-state index contributed by atoms with van der Waals surface area (Å²) in [5, 5.41) is 3.07. The Kier molecular flexibility index (Phi) is 2.98. The van der Waals surface area contributed by atoms with Gasteiger partial charge in [-0.2, -0.15) is 0 Å². The van der Waals surface area contributed by atoms with E-state index in [1.165, 1.54) is 12.1 Å². The fourth-order valence-corrected chi connectivity index (χ4v) is 2.46. The summed E-state index contributed by atoms with van der Waals surface area (Å²) >= 11 is 3.40. The standard InChI is InChI=1S/C14H10BrFN2O/c15-9-1-6-13-12(7-9)17-8-14(19)18(13)11-4-2-10(16)3-5-11/h1-7,17H,8H2. The Morgan fingerprint density at radius 2 is 1.89 bits per heavy atom. The molecule has 0 radical (unpaired) electrons. The highest BCUT2D eigenvalue weighted by atomic mass is 79.9. The first kappa shape index (κ1) is 12.2. The van der Waals surface area contributed by atoms with Crippen molar-refractivity contribution in [3.8, 4) is 0 Å². The van der Waals surface area contributed by atoms with Gasteiger partial charge in [0.15, 0.2) is 0 Å². The smallest absolute Gasteiger partial charge is 0.250 e. The Hall–Kier alpha value is -1.88. The third kappa shape index (κ3) is 2.21. The van der Waals surface area contributed by atoms with Gasteiger partial charge in [0.1, 0.15) is 5.82 Å². The van der Waals surface area contributed by atoms with E-state index in [-0.39, 0.29) is 18.3 Å². The lowest BCUT2D eigenvalue weighted by Gasteiger charge is -2.30. The van der Waals surface area contributed by atoms with E-state index in [2.05, 4.69) is 21.2 Å². The number of halogens is 2. The summed E-state index contributed by atoms with van der Waals surface area (Å²) in [5.74, 6) is -0.385. The molecule has 0 aromatic heterocycles. The number of anilines is 3. The number of carbonyl (C=O) groups is 1. The van der Waals surface area contributed by atoms with Crippen molar-refractivity contribution in [1.82, 2.24) is 0 Å². The molecular weight excluding hydrogens is 311 g/mol. The largest absolute Gasteiger partial charge is 0.374 e. The molecule has 0 atom stereocenters. The van der Waals surface area contributed by atoms with E-state index in [4.69, 9.17) is 0 Å². The molecule has 0 aliphatic carbocycles. The summed E-state index contributed by atoms with van der Waals surface area (Å²) in [4.78, 5) is 13.7. The summed E-state index contributed by atoms with van der Waals surface area (Å²) in [7, 11) is 0. The third-order valence-electron chi connectivity index (χ3n) is 2.96. The van der Waals surface area contributed by atoms with Crippen LogP contribution >= 0.6 is 15.9 Å². The normalized spacial score (nSPS) is 14.0. The van der Waals surface area contributed by atoms with Crippen LogP contribution in [0.4, 0.5) is 21.5 Å². The van der Waals surface area contributed by atoms with Crippen molar-refractivity contribution in [1.29, 1.82) is 0 Å². The van der Waals surface area contributed by atoms with Crippen molar-refractivity contribution in [2.45, 2.75) is 0 Å². The van der Waals surface area contributed by atoms with Gasteiger partial charge in [0.2, 0.25) is 0 Å². The zero-order valence-corrected chi connectivity index (χ0v) is 11.4. The van der Waals surface area contributed by atoms with Gasteiger partial charge in [0.25, 0.3) is 5.91 Å². The number of hydrogen-bond acceptors (Lipinski definition) is 2. The molecule has 19 heavy (non-hydrogen) atoms. The van der Waals surface area contributed by atoms with E-state index < -0.39 is 0 Å². The Morgan fingerprint density at radius 1 is 1.16 bits per heavy atom. The van der Waals surface area contributed by atoms with Crippen LogP contribution in [0.3, 0.4) is 0 Å². The van der Waals surface area contributed by atoms with Crippen molar-refractivity contribution in [3.05, 3.63) is 52.8 Å². The molecule has 96 valence electrons. The van der Waals surface area contributed by atoms with Crippen LogP contribution < -0.4 is 10.2 Å². The van der Waals surface area contributed by atoms with Crippen molar-refractivity contribution < 1.29 is 9.18 Å². The predicted octanol–water partition coefficient (Wildman–Crippen LogP) is 3.68. The number of carbonyl (C=O) groups excluding carboxylic acids is 1. The number of hydrogen-bond donors (Lipinski definition) is 1. The van der Waals surface area contributed by atoms with Crippen LogP contribution in [0.25, 0.3) is 0 Å². The van der Waals surface area contributed by atoms with Crippen LogP contribution in [-0.2, 0) is 4.79 Å². The number of rotatable bonds is 1. The van der Waals surface area contributed by atoms with Crippen LogP contribution in [0, 0.1) is 5.82 Å². The second kappa shape index (κ2) is 4.66. The molecule has 5 heteroatoms. The molecule has 0 spiro atoms. The van der Waals surface area contributed by atoms with Gasteiger partial charge < -0.3 is 5.32 Å². The average Bonchev–Trinajstić information content (AvgIpc) is 2.40. The van der Waals surface area contributed by atoms with E-state index in [1.54, 1.807) is 17.0 Å². The maximum atomic E-state index is 13.0. The molecule has 1 aliphatic rings. The van der Waals surface area contributed by atoms with Gasteiger partial charge in [-0.15, -0.1) is 0 Å². The first-order valence-corrected chi connectivity index (χ1v) is 6.56. The first-order valence-electron chi connectivity index (χ1n) is 5.77. The van der Waals surface area contributed by atoms with E-state index in [1.807, 2.05) is 18.2 Å². The van der Waals surface area contributed by atoms with Crippen LogP contribution in [-0.4, -0.2) is 12.5 Å². The second-order valence-electron chi connectivity index (χ2n) is 4.22. The summed E-state index contributed by atoms with van der Waals surface area (Å²) in [5.41, 5.74) is 2.31. The highest BCUT2D eigenvalue weighted by Gasteiger charge is 2.25. The number of nitrogens with one attached hydrogen (secondary N) is 1. The molecule has 1 heterocycles. The monoisotopic (exact) mass is 320 g/mol. The van der Waals surface area contributed by atoms with Crippen LogP contribution in [0.2, 0.25) is 0 Å². The van der Waals surface area contributed by atoms with Crippen molar-refractivity contribution in [2.75, 3.05) is 16.8 Å². The Morgan fingerprint density at radius 3 is 2.63 bits per heavy atom. The topological polar surface area (TPSA) is 32.3 Å². The van der Waals surface area contributed by atoms with Crippen molar-refractivity contribution in [2.24, 2.45) is 0 Å². The van der Waals surface area contributed by atoms with E-state index in [0.717, 1.165) is 15.8 Å². The molecular formula is C14H10BrFN2O. The maximum Gasteiger partial charge on any atom is 0.250 e. The molecule has 0 saturated carbocycles. The van der Waals surface area contributed by atoms with Gasteiger partial charge in [-0.25, -0.2) is 4.39 Å². The molecule has 0 bridgehead atoms. The lowest BCUT2D eigenvalue weighted by Crippen LogP contribution is -2.36. The molecule has 3 rings (SSSR count). The van der Waals surface area contributed by atoms with Crippen LogP contribution in [0.1, 0.15) is 0 Å². The number of benzene rings is 2. The molecule has 1 aliphatic heterocycles. The lowest BCUT2D eigenvalue weighted by atomic mass is 10.1. The summed E-state index contributed by atoms with van der Waals surface area (Å²) in [6.07, 6.45) is 0. The van der Waals surface area contributed by atoms with Crippen LogP contribution in [0.15, 0.2) is 46.9 Å². The molecule has 1 amide bonds. The van der Waals surface area contributed by atoms with Gasteiger partial charge in [0, 0.05) is 10.2 Å². The van der Waals surface area contributed by atoms with Crippen molar-refractivity contribution in [3.63, 3.8) is 0 Å². The van der Waals surface area contributed by atoms with Crippen LogP contribution in [0.5, 0.6) is 0 Å². The second-order valence-corrected chi connectivity index (χ2v) is 5.14. The number of nitrogens with zero attached hydrogens (tertiary/aromatic N) is 1. The van der Waals surface area contributed by atoms with Crippen molar-refractivity contribution >= 4 is 38.9 Å². The molecule has 0 fully saturated rings. The highest BCUT2D eigenvalue weighted by molar-refractivity contribution is 9.10. The lowest BCUT2D eigenvalue weighted by molar-refractivity contribution is -0.116. The minimum atomic E-state index is -0.317. The van der Waals surface area contributed by atoms with E-state index in [0.29, 0.717) is 5.69 Å². The summed E-state index contributed by atoms with van der Waals surface area (Å²) in [6, 6.07) is 11.5. The van der Waals surface area contributed by atoms with Gasteiger partial charge in [-0.3, -0.25) is 9.69 Å². The Balaban J connectivity index is 2.10. The quantitative estimate of drug-likeness (QED) is 0.869. The minimum Gasteiger partial charge on any atom is -0.374 e. The predicted molar refractivity (Wildman–Crippen MR) is 76.2 cm³/mol. The average molecular weight is 321 g/mol. The summed E-state index contributed by atoms with van der Waals surface area (Å²) in [6.45, 7) is 0.223. The number of fused-ring (bicyclic) bond motifs is 1. The minimum absolute atomic E-state index is 0.0681. The first-order chi connectivity index (χ1) is 9.15. The fourth-order valence-electron chi connectivity index (χ4n) is 2.10. The fraction of sp³-hybridized carbons (Fsp3) is 0.0714. The molecule has 2 aromatic rings. The van der Waals surface area contributed by atoms with Gasteiger partial charge >= 0.3 is 0 Å². The van der Waals surface area contributed by atoms with Gasteiger partial charge in [0.05, 0.1) is 17.9 Å². The molecule has 3 nitrogen and oxygen atoms in total. The number of amides is 1. The Bertz CT molecular complexity index is 642. The van der Waals surface area contributed by atoms with E-state index >= 15 is 0 Å². The maximum absolute atomic E-state index is 13.0. The zero-order valence-electron chi connectivity index (χ0n) is 9.86. The third-order valence-corrected chi connectivity index (χ3v) is 3.46.